The van der Waals surface area contributed by atoms with Crippen molar-refractivity contribution in [2.24, 2.45) is 17.6 Å². The first-order valence-electron chi connectivity index (χ1n) is 22.3. The van der Waals surface area contributed by atoms with Crippen LogP contribution in [0, 0.1) is 11.8 Å². The molecule has 5 aliphatic heterocycles. The number of hydrogen-bond donors (Lipinski definition) is 4. The van der Waals surface area contributed by atoms with Gasteiger partial charge in [-0.15, -0.1) is 0 Å². The molecule has 0 aliphatic carbocycles. The number of nitrogens with zero attached hydrogens (tertiary/aromatic N) is 5. The molecule has 0 spiro atoms. The maximum absolute atomic E-state index is 13.6. The lowest BCUT2D eigenvalue weighted by Gasteiger charge is -2.38. The lowest BCUT2D eigenvalue weighted by molar-refractivity contribution is -0.136. The second kappa shape index (κ2) is 17.3. The number of rotatable bonds is 10. The van der Waals surface area contributed by atoms with Crippen molar-refractivity contribution in [2.75, 3.05) is 48.3 Å². The van der Waals surface area contributed by atoms with Crippen LogP contribution in [-0.4, -0.2) is 93.8 Å². The normalized spacial score (nSPS) is 19.2. The summed E-state index contributed by atoms with van der Waals surface area (Å²) in [5.74, 6) is -0.366. The summed E-state index contributed by atoms with van der Waals surface area (Å²) in [6, 6.07) is 27.0. The number of likely N-dealkylation sites (tertiary alicyclic amines) is 1. The molecule has 5 aliphatic rings. The van der Waals surface area contributed by atoms with Crippen LogP contribution in [0.3, 0.4) is 0 Å². The molecule has 1 aromatic heterocycles. The van der Waals surface area contributed by atoms with E-state index in [9.17, 15) is 28.8 Å². The lowest BCUT2D eigenvalue weighted by Crippen LogP contribution is -2.54. The molecule has 65 heavy (non-hydrogen) atoms. The van der Waals surface area contributed by atoms with E-state index in [-0.39, 0.29) is 30.2 Å². The summed E-state index contributed by atoms with van der Waals surface area (Å²) in [6.07, 6.45) is 4.33. The standard InChI is InChI=1S/C49H49N9O7/c50-44(60)42-43(31-7-11-36(12-8-31)65-35-4-2-1-3-5-35)54-57-25-20-30-6-9-33(26-39(30)52-45(42)57)51-46(61)32-18-21-55(22-19-32)28-29-16-23-56(24-17-29)34-10-13-37-38(27-34)49(64)58(48(37)63)40-14-15-41(59)53-47(40)62/h1-13,26-27,29,32,40,52H,14-25,28H2,(H2,50,60)(H,51,61)(H,53,59,62). The molecule has 332 valence electrons. The summed E-state index contributed by atoms with van der Waals surface area (Å²) in [7, 11) is 0. The van der Waals surface area contributed by atoms with E-state index < -0.39 is 35.6 Å². The number of amides is 6. The molecule has 6 heterocycles. The summed E-state index contributed by atoms with van der Waals surface area (Å²) in [5.41, 5.74) is 11.4. The van der Waals surface area contributed by atoms with E-state index in [0.717, 1.165) is 91.6 Å². The van der Waals surface area contributed by atoms with Gasteiger partial charge in [0.15, 0.2) is 0 Å². The van der Waals surface area contributed by atoms with Crippen molar-refractivity contribution in [1.82, 2.24) is 24.9 Å². The molecular formula is C49H49N9O7. The van der Waals surface area contributed by atoms with Gasteiger partial charge in [-0.05, 0) is 130 Å². The van der Waals surface area contributed by atoms with Gasteiger partial charge < -0.3 is 30.9 Å². The topological polar surface area (TPSA) is 201 Å². The second-order valence-electron chi connectivity index (χ2n) is 17.5. The van der Waals surface area contributed by atoms with Gasteiger partial charge in [-0.1, -0.05) is 24.3 Å². The molecule has 1 atom stereocenters. The Morgan fingerprint density at radius 2 is 1.49 bits per heavy atom. The molecule has 6 amide bonds. The number of primary amides is 1. The second-order valence-corrected chi connectivity index (χ2v) is 17.5. The van der Waals surface area contributed by atoms with E-state index in [0.29, 0.717) is 53.0 Å². The Hall–Kier alpha value is -7.33. The minimum absolute atomic E-state index is 0.00821. The first-order valence-corrected chi connectivity index (χ1v) is 22.3. The smallest absolute Gasteiger partial charge is 0.262 e. The summed E-state index contributed by atoms with van der Waals surface area (Å²) in [5, 5.41) is 13.6. The largest absolute Gasteiger partial charge is 0.457 e. The maximum Gasteiger partial charge on any atom is 0.262 e. The SMILES string of the molecule is NC(=O)c1c(-c2ccc(Oc3ccccc3)cc2)nn2c1Nc1cc(NC(=O)C3CCN(CC4CCN(c5ccc6c(c5)C(=O)N(C5CCC(=O)NC5=O)C6=O)CC4)CC3)ccc1CC2. The summed E-state index contributed by atoms with van der Waals surface area (Å²) in [4.78, 5) is 83.0. The van der Waals surface area contributed by atoms with E-state index in [1.807, 2.05) is 78.9 Å². The third-order valence-electron chi connectivity index (χ3n) is 13.4. The van der Waals surface area contributed by atoms with Gasteiger partial charge in [-0.2, -0.15) is 5.10 Å². The number of para-hydroxylation sites is 1. The van der Waals surface area contributed by atoms with Crippen molar-refractivity contribution in [3.05, 3.63) is 113 Å². The average molecular weight is 876 g/mol. The van der Waals surface area contributed by atoms with Gasteiger partial charge in [0, 0.05) is 61.1 Å². The van der Waals surface area contributed by atoms with E-state index in [4.69, 9.17) is 15.6 Å². The zero-order valence-electron chi connectivity index (χ0n) is 35.8. The molecule has 0 radical (unpaired) electrons. The van der Waals surface area contributed by atoms with Crippen LogP contribution < -0.4 is 31.3 Å². The Balaban J connectivity index is 0.715. The van der Waals surface area contributed by atoms with Crippen molar-refractivity contribution in [3.63, 3.8) is 0 Å². The number of carbonyl (C=O) groups excluding carboxylic acids is 6. The Morgan fingerprint density at radius 1 is 0.754 bits per heavy atom. The minimum Gasteiger partial charge on any atom is -0.457 e. The van der Waals surface area contributed by atoms with Crippen LogP contribution in [0.4, 0.5) is 22.9 Å². The number of aromatic nitrogens is 2. The van der Waals surface area contributed by atoms with Crippen molar-refractivity contribution in [2.45, 2.75) is 57.5 Å². The summed E-state index contributed by atoms with van der Waals surface area (Å²) < 4.78 is 7.73. The fraction of sp³-hybridized carbons (Fsp3) is 0.327. The number of carbonyl (C=O) groups is 6. The van der Waals surface area contributed by atoms with E-state index in [1.54, 1.807) is 16.8 Å². The molecule has 5 N–H and O–H groups in total. The number of ether oxygens (including phenoxy) is 1. The Morgan fingerprint density at radius 3 is 2.23 bits per heavy atom. The zero-order chi connectivity index (χ0) is 44.8. The van der Waals surface area contributed by atoms with Gasteiger partial charge in [-0.3, -0.25) is 39.0 Å². The Labute approximate surface area is 375 Å². The highest BCUT2D eigenvalue weighted by molar-refractivity contribution is 6.23. The predicted octanol–water partition coefficient (Wildman–Crippen LogP) is 5.71. The number of nitrogens with two attached hydrogens (primary N) is 1. The quantitative estimate of drug-likeness (QED) is 0.125. The van der Waals surface area contributed by atoms with Crippen LogP contribution >= 0.6 is 0 Å². The van der Waals surface area contributed by atoms with Gasteiger partial charge in [0.25, 0.3) is 17.7 Å². The molecule has 16 heteroatoms. The van der Waals surface area contributed by atoms with E-state index in [1.165, 1.54) is 0 Å². The molecule has 3 saturated heterocycles. The molecule has 16 nitrogen and oxygen atoms in total. The predicted molar refractivity (Wildman–Crippen MR) is 242 cm³/mol. The first-order chi connectivity index (χ1) is 31.6. The third-order valence-corrected chi connectivity index (χ3v) is 13.4. The fourth-order valence-electron chi connectivity index (χ4n) is 9.85. The number of fused-ring (bicyclic) bond motifs is 3. The number of benzene rings is 4. The molecule has 10 rings (SSSR count). The molecule has 0 saturated carbocycles. The number of anilines is 4. The van der Waals surface area contributed by atoms with Gasteiger partial charge >= 0.3 is 0 Å². The number of piperidine rings is 3. The highest BCUT2D eigenvalue weighted by Crippen LogP contribution is 2.37. The molecule has 3 fully saturated rings. The monoisotopic (exact) mass is 875 g/mol. The van der Waals surface area contributed by atoms with Crippen LogP contribution in [-0.2, 0) is 27.3 Å². The highest BCUT2D eigenvalue weighted by atomic mass is 16.5. The van der Waals surface area contributed by atoms with Gasteiger partial charge in [0.2, 0.25) is 17.7 Å². The number of aryl methyl sites for hydroxylation is 2. The minimum atomic E-state index is -0.989. The Kier molecular flexibility index (Phi) is 11.1. The number of hydrogen-bond acceptors (Lipinski definition) is 11. The van der Waals surface area contributed by atoms with Gasteiger partial charge in [-0.25, -0.2) is 4.68 Å². The van der Waals surface area contributed by atoms with Crippen LogP contribution in [0.1, 0.15) is 75.2 Å². The van der Waals surface area contributed by atoms with Gasteiger partial charge in [0.1, 0.15) is 34.6 Å². The molecule has 1 unspecified atom stereocenters. The van der Waals surface area contributed by atoms with Crippen LogP contribution in [0.2, 0.25) is 0 Å². The van der Waals surface area contributed by atoms with Crippen molar-refractivity contribution in [3.8, 4) is 22.8 Å². The molecule has 0 bridgehead atoms. The lowest BCUT2D eigenvalue weighted by atomic mass is 9.92. The number of nitrogens with one attached hydrogen (secondary N) is 3. The average Bonchev–Trinajstić information content (AvgIpc) is 3.72. The van der Waals surface area contributed by atoms with Gasteiger partial charge in [0.05, 0.1) is 11.1 Å². The molecule has 4 aromatic carbocycles. The van der Waals surface area contributed by atoms with Crippen LogP contribution in [0.5, 0.6) is 11.5 Å². The third kappa shape index (κ3) is 8.32. The first kappa shape index (κ1) is 41.7. The zero-order valence-corrected chi connectivity index (χ0v) is 35.8. The number of imide groups is 2. The molecular weight excluding hydrogens is 827 g/mol. The van der Waals surface area contributed by atoms with E-state index >= 15 is 0 Å². The highest BCUT2D eigenvalue weighted by Gasteiger charge is 2.45. The van der Waals surface area contributed by atoms with Crippen LogP contribution in [0.25, 0.3) is 11.3 Å². The van der Waals surface area contributed by atoms with Crippen LogP contribution in [0.15, 0.2) is 91.0 Å². The van der Waals surface area contributed by atoms with Crippen molar-refractivity contribution >= 4 is 58.3 Å². The molecule has 5 aromatic rings. The maximum atomic E-state index is 13.6. The van der Waals surface area contributed by atoms with E-state index in [2.05, 4.69) is 25.8 Å². The summed E-state index contributed by atoms with van der Waals surface area (Å²) in [6.45, 7) is 4.77. The van der Waals surface area contributed by atoms with Crippen molar-refractivity contribution in [1.29, 1.82) is 0 Å². The van der Waals surface area contributed by atoms with Crippen molar-refractivity contribution < 1.29 is 33.5 Å². The fourth-order valence-corrected chi connectivity index (χ4v) is 9.85. The Bertz CT molecular complexity index is 2720. The summed E-state index contributed by atoms with van der Waals surface area (Å²) >= 11 is 0.